The van der Waals surface area contributed by atoms with E-state index in [1.165, 1.54) is 25.5 Å². The molecule has 26 heavy (non-hydrogen) atoms. The van der Waals surface area contributed by atoms with Gasteiger partial charge in [0.05, 0.1) is 6.26 Å². The number of amides is 2. The van der Waals surface area contributed by atoms with Crippen LogP contribution in [0.5, 0.6) is 0 Å². The van der Waals surface area contributed by atoms with Crippen LogP contribution in [0.2, 0.25) is 0 Å². The van der Waals surface area contributed by atoms with Crippen molar-refractivity contribution in [2.75, 3.05) is 25.0 Å². The summed E-state index contributed by atoms with van der Waals surface area (Å²) in [6.45, 7) is 4.82. The first kappa shape index (κ1) is 18.2. The van der Waals surface area contributed by atoms with Gasteiger partial charge in [-0.25, -0.2) is 0 Å². The third-order valence-electron chi connectivity index (χ3n) is 4.75. The van der Waals surface area contributed by atoms with Crippen molar-refractivity contribution in [3.05, 3.63) is 54.0 Å². The Bertz CT molecular complexity index is 743. The standard InChI is InChI=1S/C20H25N3O3/c1-15-6-2-3-11-23(15)12-10-21-19(24)16-7-4-8-17(14-16)22-20(25)18-9-5-13-26-18/h4-5,7-9,13-15H,2-3,6,10-12H2,1H3,(H,21,24)(H,22,25). The number of benzene rings is 1. The molecule has 1 unspecified atom stereocenters. The number of carbonyl (C=O) groups excluding carboxylic acids is 2. The number of hydrogen-bond acceptors (Lipinski definition) is 4. The summed E-state index contributed by atoms with van der Waals surface area (Å²) in [6.07, 6.45) is 5.20. The van der Waals surface area contributed by atoms with Gasteiger partial charge in [0.2, 0.25) is 0 Å². The van der Waals surface area contributed by atoms with Crippen molar-refractivity contribution >= 4 is 17.5 Å². The molecular weight excluding hydrogens is 330 g/mol. The number of nitrogens with zero attached hydrogens (tertiary/aromatic N) is 1. The second-order valence-electron chi connectivity index (χ2n) is 6.65. The highest BCUT2D eigenvalue weighted by molar-refractivity contribution is 6.03. The summed E-state index contributed by atoms with van der Waals surface area (Å²) < 4.78 is 5.07. The third-order valence-corrected chi connectivity index (χ3v) is 4.75. The minimum absolute atomic E-state index is 0.135. The summed E-state index contributed by atoms with van der Waals surface area (Å²) in [5.41, 5.74) is 1.08. The highest BCUT2D eigenvalue weighted by Crippen LogP contribution is 2.16. The zero-order chi connectivity index (χ0) is 18.4. The van der Waals surface area contributed by atoms with E-state index in [9.17, 15) is 9.59 Å². The van der Waals surface area contributed by atoms with E-state index in [4.69, 9.17) is 4.42 Å². The molecule has 0 radical (unpaired) electrons. The molecule has 138 valence electrons. The molecule has 2 amide bonds. The average Bonchev–Trinajstić information content (AvgIpc) is 3.18. The zero-order valence-corrected chi connectivity index (χ0v) is 15.0. The maximum absolute atomic E-state index is 12.4. The van der Waals surface area contributed by atoms with Gasteiger partial charge in [0, 0.05) is 30.4 Å². The number of furan rings is 1. The molecule has 0 bridgehead atoms. The fourth-order valence-electron chi connectivity index (χ4n) is 3.24. The summed E-state index contributed by atoms with van der Waals surface area (Å²) in [5.74, 6) is -0.245. The zero-order valence-electron chi connectivity index (χ0n) is 15.0. The van der Waals surface area contributed by atoms with Crippen LogP contribution in [0.25, 0.3) is 0 Å². The summed E-state index contributed by atoms with van der Waals surface area (Å²) >= 11 is 0. The van der Waals surface area contributed by atoms with E-state index < -0.39 is 0 Å². The van der Waals surface area contributed by atoms with Gasteiger partial charge in [-0.3, -0.25) is 14.5 Å². The van der Waals surface area contributed by atoms with Crippen molar-refractivity contribution in [1.29, 1.82) is 0 Å². The second-order valence-corrected chi connectivity index (χ2v) is 6.65. The Kier molecular flexibility index (Phi) is 6.07. The lowest BCUT2D eigenvalue weighted by atomic mass is 10.0. The van der Waals surface area contributed by atoms with Gasteiger partial charge in [-0.05, 0) is 56.6 Å². The molecule has 6 nitrogen and oxygen atoms in total. The number of rotatable bonds is 6. The van der Waals surface area contributed by atoms with Crippen molar-refractivity contribution in [3.63, 3.8) is 0 Å². The summed E-state index contributed by atoms with van der Waals surface area (Å²) in [4.78, 5) is 26.8. The van der Waals surface area contributed by atoms with Crippen molar-refractivity contribution in [3.8, 4) is 0 Å². The lowest BCUT2D eigenvalue weighted by molar-refractivity contribution is 0.0937. The van der Waals surface area contributed by atoms with Gasteiger partial charge in [-0.1, -0.05) is 12.5 Å². The third kappa shape index (κ3) is 4.73. The molecule has 0 spiro atoms. The van der Waals surface area contributed by atoms with Crippen LogP contribution < -0.4 is 10.6 Å². The molecule has 6 heteroatoms. The number of anilines is 1. The first-order valence-electron chi connectivity index (χ1n) is 9.10. The normalized spacial score (nSPS) is 17.7. The number of piperidine rings is 1. The molecular formula is C20H25N3O3. The van der Waals surface area contributed by atoms with Crippen molar-refractivity contribution in [1.82, 2.24) is 10.2 Å². The quantitative estimate of drug-likeness (QED) is 0.835. The topological polar surface area (TPSA) is 74.6 Å². The first-order valence-corrected chi connectivity index (χ1v) is 9.10. The van der Waals surface area contributed by atoms with Crippen LogP contribution in [-0.4, -0.2) is 42.4 Å². The van der Waals surface area contributed by atoms with E-state index in [0.29, 0.717) is 23.8 Å². The first-order chi connectivity index (χ1) is 12.6. The number of nitrogens with one attached hydrogen (secondary N) is 2. The van der Waals surface area contributed by atoms with Crippen molar-refractivity contribution in [2.45, 2.75) is 32.2 Å². The minimum atomic E-state index is -0.341. The Hall–Kier alpha value is -2.60. The summed E-state index contributed by atoms with van der Waals surface area (Å²) in [6, 6.07) is 10.7. The lowest BCUT2D eigenvalue weighted by Gasteiger charge is -2.33. The van der Waals surface area contributed by atoms with E-state index in [1.54, 1.807) is 36.4 Å². The molecule has 1 aliphatic rings. The van der Waals surface area contributed by atoms with Crippen LogP contribution in [0.15, 0.2) is 47.1 Å². The Morgan fingerprint density at radius 1 is 1.19 bits per heavy atom. The number of hydrogen-bond donors (Lipinski definition) is 2. The predicted octanol–water partition coefficient (Wildman–Crippen LogP) is 3.14. The highest BCUT2D eigenvalue weighted by atomic mass is 16.3. The van der Waals surface area contributed by atoms with E-state index in [0.717, 1.165) is 13.1 Å². The monoisotopic (exact) mass is 355 g/mol. The van der Waals surface area contributed by atoms with Gasteiger partial charge in [-0.2, -0.15) is 0 Å². The molecule has 3 rings (SSSR count). The van der Waals surface area contributed by atoms with Crippen molar-refractivity contribution in [2.24, 2.45) is 0 Å². The van der Waals surface area contributed by atoms with Crippen LogP contribution in [0, 0.1) is 0 Å². The van der Waals surface area contributed by atoms with Gasteiger partial charge in [0.15, 0.2) is 5.76 Å². The second kappa shape index (κ2) is 8.67. The molecule has 1 aromatic heterocycles. The number of carbonyl (C=O) groups is 2. The van der Waals surface area contributed by atoms with E-state index in [1.807, 2.05) is 0 Å². The lowest BCUT2D eigenvalue weighted by Crippen LogP contribution is -2.42. The van der Waals surface area contributed by atoms with Crippen LogP contribution >= 0.6 is 0 Å². The van der Waals surface area contributed by atoms with E-state index in [-0.39, 0.29) is 17.6 Å². The van der Waals surface area contributed by atoms with Gasteiger partial charge in [0.1, 0.15) is 0 Å². The molecule has 1 aromatic carbocycles. The van der Waals surface area contributed by atoms with E-state index >= 15 is 0 Å². The molecule has 1 saturated heterocycles. The average molecular weight is 355 g/mol. The smallest absolute Gasteiger partial charge is 0.291 e. The molecule has 2 heterocycles. The fourth-order valence-corrected chi connectivity index (χ4v) is 3.24. The molecule has 1 atom stereocenters. The predicted molar refractivity (Wildman–Crippen MR) is 100 cm³/mol. The maximum atomic E-state index is 12.4. The summed E-state index contributed by atoms with van der Waals surface area (Å²) in [7, 11) is 0. The Balaban J connectivity index is 1.52. The van der Waals surface area contributed by atoms with Crippen molar-refractivity contribution < 1.29 is 14.0 Å². The Labute approximate surface area is 153 Å². The largest absolute Gasteiger partial charge is 0.459 e. The molecule has 1 aliphatic heterocycles. The molecule has 1 fully saturated rings. The molecule has 0 saturated carbocycles. The molecule has 0 aliphatic carbocycles. The van der Waals surface area contributed by atoms with Crippen LogP contribution in [0.1, 0.15) is 47.1 Å². The van der Waals surface area contributed by atoms with Crippen LogP contribution in [0.4, 0.5) is 5.69 Å². The van der Waals surface area contributed by atoms with Crippen LogP contribution in [-0.2, 0) is 0 Å². The van der Waals surface area contributed by atoms with Gasteiger partial charge in [-0.15, -0.1) is 0 Å². The summed E-state index contributed by atoms with van der Waals surface area (Å²) in [5, 5.41) is 5.70. The van der Waals surface area contributed by atoms with Gasteiger partial charge < -0.3 is 15.1 Å². The highest BCUT2D eigenvalue weighted by Gasteiger charge is 2.18. The maximum Gasteiger partial charge on any atom is 0.291 e. The Morgan fingerprint density at radius 2 is 2.08 bits per heavy atom. The Morgan fingerprint density at radius 3 is 2.85 bits per heavy atom. The van der Waals surface area contributed by atoms with Gasteiger partial charge in [0.25, 0.3) is 11.8 Å². The molecule has 2 aromatic rings. The SMILES string of the molecule is CC1CCCCN1CCNC(=O)c1cccc(NC(=O)c2ccco2)c1. The van der Waals surface area contributed by atoms with Gasteiger partial charge >= 0.3 is 0 Å². The minimum Gasteiger partial charge on any atom is -0.459 e. The number of likely N-dealkylation sites (tertiary alicyclic amines) is 1. The van der Waals surface area contributed by atoms with E-state index in [2.05, 4.69) is 22.5 Å². The molecule has 2 N–H and O–H groups in total. The van der Waals surface area contributed by atoms with Crippen LogP contribution in [0.3, 0.4) is 0 Å². The fraction of sp³-hybridized carbons (Fsp3) is 0.400.